The largest absolute Gasteiger partial charge is 0.506 e. The highest BCUT2D eigenvalue weighted by molar-refractivity contribution is 6.46. The topological polar surface area (TPSA) is 85.3 Å². The Morgan fingerprint density at radius 1 is 1.06 bits per heavy atom. The molecule has 1 amide bonds. The molecule has 1 aliphatic rings. The number of nitrogens with zero attached hydrogens (tertiary/aromatic N) is 1. The fourth-order valence-corrected chi connectivity index (χ4v) is 3.88. The van der Waals surface area contributed by atoms with Gasteiger partial charge in [-0.15, -0.1) is 0 Å². The molecule has 1 unspecified atom stereocenters. The van der Waals surface area contributed by atoms with Crippen LogP contribution in [0.25, 0.3) is 5.76 Å². The number of benzene rings is 2. The molecule has 8 heteroatoms. The van der Waals surface area contributed by atoms with E-state index in [2.05, 4.69) is 0 Å². The molecule has 3 rings (SSSR count). The fraction of sp³-hybridized carbons (Fsp3) is 0.360. The van der Waals surface area contributed by atoms with Crippen LogP contribution in [-0.2, 0) is 14.3 Å². The Labute approximate surface area is 192 Å². The van der Waals surface area contributed by atoms with Crippen LogP contribution < -0.4 is 9.47 Å². The molecule has 1 aliphatic heterocycles. The van der Waals surface area contributed by atoms with Crippen LogP contribution in [0.2, 0.25) is 0 Å². The number of rotatable bonds is 9. The third-order valence-electron chi connectivity index (χ3n) is 5.38. The Bertz CT molecular complexity index is 1030. The zero-order valence-electron chi connectivity index (χ0n) is 19.1. The van der Waals surface area contributed by atoms with Gasteiger partial charge in [0.1, 0.15) is 28.6 Å². The van der Waals surface area contributed by atoms with Crippen molar-refractivity contribution < 1.29 is 33.3 Å². The summed E-state index contributed by atoms with van der Waals surface area (Å²) >= 11 is 0. The summed E-state index contributed by atoms with van der Waals surface area (Å²) in [6, 6.07) is 9.50. The summed E-state index contributed by atoms with van der Waals surface area (Å²) < 4.78 is 29.9. The molecule has 0 spiro atoms. The number of Topliss-reactive ketones (excluding diaryl/α,β-unsaturated/α-hetero) is 1. The molecule has 0 aliphatic carbocycles. The number of methoxy groups -OCH3 is 2. The molecule has 7 nitrogen and oxygen atoms in total. The van der Waals surface area contributed by atoms with Gasteiger partial charge in [-0.3, -0.25) is 9.59 Å². The van der Waals surface area contributed by atoms with Crippen molar-refractivity contribution in [2.24, 2.45) is 0 Å². The maximum Gasteiger partial charge on any atom is 0.295 e. The van der Waals surface area contributed by atoms with Crippen molar-refractivity contribution in [3.05, 3.63) is 65.0 Å². The second-order valence-electron chi connectivity index (χ2n) is 7.85. The second kappa shape index (κ2) is 10.5. The Morgan fingerprint density at radius 2 is 1.67 bits per heavy atom. The normalized spacial score (nSPS) is 17.6. The number of aliphatic hydroxyl groups excluding tert-OH is 1. The number of hydrogen-bond acceptors (Lipinski definition) is 6. The van der Waals surface area contributed by atoms with Gasteiger partial charge in [0.25, 0.3) is 11.7 Å². The van der Waals surface area contributed by atoms with Crippen molar-refractivity contribution in [1.82, 2.24) is 4.90 Å². The number of hydrogen-bond donors (Lipinski definition) is 1. The second-order valence-corrected chi connectivity index (χ2v) is 7.85. The number of carbonyl (C=O) groups is 2. The van der Waals surface area contributed by atoms with E-state index in [9.17, 15) is 19.1 Å². The molecule has 176 valence electrons. The van der Waals surface area contributed by atoms with Crippen LogP contribution in [0.5, 0.6) is 11.5 Å². The average Bonchev–Trinajstić information content (AvgIpc) is 3.06. The Balaban J connectivity index is 2.13. The average molecular weight is 457 g/mol. The summed E-state index contributed by atoms with van der Waals surface area (Å²) in [6.07, 6.45) is 0.521. The van der Waals surface area contributed by atoms with Crippen LogP contribution in [0, 0.1) is 5.82 Å². The lowest BCUT2D eigenvalue weighted by Gasteiger charge is -2.25. The van der Waals surface area contributed by atoms with Crippen molar-refractivity contribution in [1.29, 1.82) is 0 Å². The summed E-state index contributed by atoms with van der Waals surface area (Å²) in [5.41, 5.74) is 0.547. The van der Waals surface area contributed by atoms with E-state index in [0.29, 0.717) is 18.6 Å². The SMILES string of the molecule is COc1cccc(OC)c1/C(O)=C1\C(=O)C(=O)N(CCCOC(C)C)C1c1ccc(F)cc1. The lowest BCUT2D eigenvalue weighted by atomic mass is 9.94. The van der Waals surface area contributed by atoms with Gasteiger partial charge >= 0.3 is 0 Å². The first-order valence-electron chi connectivity index (χ1n) is 10.7. The molecule has 0 aromatic heterocycles. The molecule has 2 aromatic rings. The molecular formula is C25H28FNO6. The van der Waals surface area contributed by atoms with E-state index in [1.165, 1.54) is 43.4 Å². The third-order valence-corrected chi connectivity index (χ3v) is 5.38. The van der Waals surface area contributed by atoms with Crippen molar-refractivity contribution in [2.45, 2.75) is 32.4 Å². The molecule has 0 bridgehead atoms. The summed E-state index contributed by atoms with van der Waals surface area (Å²) in [5, 5.41) is 11.3. The van der Waals surface area contributed by atoms with E-state index in [0.717, 1.165) is 0 Å². The number of ether oxygens (including phenoxy) is 3. The summed E-state index contributed by atoms with van der Waals surface area (Å²) in [6.45, 7) is 4.44. The first-order valence-corrected chi connectivity index (χ1v) is 10.7. The van der Waals surface area contributed by atoms with Crippen molar-refractivity contribution in [3.63, 3.8) is 0 Å². The van der Waals surface area contributed by atoms with Gasteiger partial charge in [0.05, 0.1) is 31.9 Å². The van der Waals surface area contributed by atoms with Crippen LogP contribution in [0.15, 0.2) is 48.0 Å². The van der Waals surface area contributed by atoms with Crippen molar-refractivity contribution in [3.8, 4) is 11.5 Å². The highest BCUT2D eigenvalue weighted by Gasteiger charge is 2.46. The molecule has 33 heavy (non-hydrogen) atoms. The van der Waals surface area contributed by atoms with Crippen LogP contribution in [0.3, 0.4) is 0 Å². The third kappa shape index (κ3) is 5.01. The quantitative estimate of drug-likeness (QED) is 0.264. The standard InChI is InChI=1S/C25H28FNO6/c1-15(2)33-14-6-13-27-22(16-9-11-17(26)12-10-16)21(24(29)25(27)30)23(28)20-18(31-3)7-5-8-19(20)32-4/h5,7-12,15,22,28H,6,13-14H2,1-4H3/b23-21+. The van der Waals surface area contributed by atoms with Gasteiger partial charge < -0.3 is 24.2 Å². The van der Waals surface area contributed by atoms with Gasteiger partial charge in [0.15, 0.2) is 0 Å². The number of amides is 1. The smallest absolute Gasteiger partial charge is 0.295 e. The zero-order valence-corrected chi connectivity index (χ0v) is 19.1. The van der Waals surface area contributed by atoms with Gasteiger partial charge in [0.2, 0.25) is 0 Å². The zero-order chi connectivity index (χ0) is 24.1. The first-order chi connectivity index (χ1) is 15.8. The Hall–Kier alpha value is -3.39. The van der Waals surface area contributed by atoms with E-state index >= 15 is 0 Å². The van der Waals surface area contributed by atoms with E-state index in [1.54, 1.807) is 18.2 Å². The number of likely N-dealkylation sites (tertiary alicyclic amines) is 1. The summed E-state index contributed by atoms with van der Waals surface area (Å²) in [5.74, 6) is -1.89. The molecule has 2 aromatic carbocycles. The summed E-state index contributed by atoms with van der Waals surface area (Å²) in [7, 11) is 2.85. The Kier molecular flexibility index (Phi) is 7.71. The minimum Gasteiger partial charge on any atom is -0.506 e. The first kappa shape index (κ1) is 24.3. The van der Waals surface area contributed by atoms with Crippen LogP contribution in [0.4, 0.5) is 4.39 Å². The van der Waals surface area contributed by atoms with Gasteiger partial charge in [-0.2, -0.15) is 0 Å². The maximum absolute atomic E-state index is 13.6. The molecule has 0 radical (unpaired) electrons. The van der Waals surface area contributed by atoms with E-state index in [1.807, 2.05) is 13.8 Å². The van der Waals surface area contributed by atoms with Crippen LogP contribution in [-0.4, -0.2) is 55.2 Å². The lowest BCUT2D eigenvalue weighted by molar-refractivity contribution is -0.140. The van der Waals surface area contributed by atoms with Crippen molar-refractivity contribution in [2.75, 3.05) is 27.4 Å². The van der Waals surface area contributed by atoms with E-state index in [4.69, 9.17) is 14.2 Å². The molecule has 1 saturated heterocycles. The van der Waals surface area contributed by atoms with E-state index in [-0.39, 0.29) is 35.3 Å². The van der Waals surface area contributed by atoms with Gasteiger partial charge in [-0.25, -0.2) is 4.39 Å². The predicted octanol–water partition coefficient (Wildman–Crippen LogP) is 4.08. The molecular weight excluding hydrogens is 429 g/mol. The number of carbonyl (C=O) groups excluding carboxylic acids is 2. The lowest BCUT2D eigenvalue weighted by Crippen LogP contribution is -2.31. The number of ketones is 1. The maximum atomic E-state index is 13.6. The van der Waals surface area contributed by atoms with E-state index < -0.39 is 29.3 Å². The van der Waals surface area contributed by atoms with Crippen molar-refractivity contribution >= 4 is 17.4 Å². The highest BCUT2D eigenvalue weighted by Crippen LogP contribution is 2.43. The fourth-order valence-electron chi connectivity index (χ4n) is 3.88. The number of aliphatic hydroxyl groups is 1. The minimum absolute atomic E-state index is 0.0336. The summed E-state index contributed by atoms with van der Waals surface area (Å²) in [4.78, 5) is 27.5. The minimum atomic E-state index is -0.903. The van der Waals surface area contributed by atoms with Gasteiger partial charge in [-0.05, 0) is 50.1 Å². The van der Waals surface area contributed by atoms with Crippen LogP contribution in [0.1, 0.15) is 37.4 Å². The number of halogens is 1. The monoisotopic (exact) mass is 457 g/mol. The van der Waals surface area contributed by atoms with Crippen LogP contribution >= 0.6 is 0 Å². The van der Waals surface area contributed by atoms with Gasteiger partial charge in [0, 0.05) is 13.2 Å². The highest BCUT2D eigenvalue weighted by atomic mass is 19.1. The van der Waals surface area contributed by atoms with Gasteiger partial charge in [-0.1, -0.05) is 18.2 Å². The molecule has 1 N–H and O–H groups in total. The molecule has 1 heterocycles. The predicted molar refractivity (Wildman–Crippen MR) is 121 cm³/mol. The molecule has 1 fully saturated rings. The molecule has 1 atom stereocenters. The molecule has 0 saturated carbocycles. The Morgan fingerprint density at radius 3 is 2.21 bits per heavy atom.